The molecule has 22 heavy (non-hydrogen) atoms. The summed E-state index contributed by atoms with van der Waals surface area (Å²) >= 11 is 0. The third-order valence-corrected chi connectivity index (χ3v) is 4.40. The molecule has 0 bridgehead atoms. The molecule has 116 valence electrons. The van der Waals surface area contributed by atoms with E-state index in [1.807, 2.05) is 13.0 Å². The van der Waals surface area contributed by atoms with Crippen LogP contribution in [0, 0.1) is 6.92 Å². The van der Waals surface area contributed by atoms with Crippen molar-refractivity contribution < 1.29 is 4.79 Å². The summed E-state index contributed by atoms with van der Waals surface area (Å²) < 4.78 is 0. The molecule has 0 radical (unpaired) electrons. The molecule has 1 aliphatic rings. The Balaban J connectivity index is 1.69. The van der Waals surface area contributed by atoms with E-state index in [0.717, 1.165) is 11.3 Å². The molecule has 2 aromatic rings. The van der Waals surface area contributed by atoms with Gasteiger partial charge in [0.15, 0.2) is 5.82 Å². The number of carbonyl (C=O) groups is 1. The summed E-state index contributed by atoms with van der Waals surface area (Å²) in [5.41, 5.74) is 2.64. The van der Waals surface area contributed by atoms with Crippen LogP contribution in [0.2, 0.25) is 0 Å². The van der Waals surface area contributed by atoms with Gasteiger partial charge < -0.3 is 5.32 Å². The largest absolute Gasteiger partial charge is 0.305 e. The Labute approximate surface area is 130 Å². The number of hydrogen-bond acceptors (Lipinski definition) is 3. The molecule has 1 fully saturated rings. The lowest BCUT2D eigenvalue weighted by Gasteiger charge is -2.10. The summed E-state index contributed by atoms with van der Waals surface area (Å²) in [6, 6.07) is 3.70. The predicted octanol–water partition coefficient (Wildman–Crippen LogP) is 3.80. The molecule has 3 rings (SSSR count). The average molecular weight is 298 g/mol. The fourth-order valence-corrected chi connectivity index (χ4v) is 3.11. The van der Waals surface area contributed by atoms with Crippen LogP contribution in [0.4, 0.5) is 5.82 Å². The first-order valence-corrected chi connectivity index (χ1v) is 8.01. The van der Waals surface area contributed by atoms with Crippen molar-refractivity contribution in [1.29, 1.82) is 0 Å². The lowest BCUT2D eigenvalue weighted by Crippen LogP contribution is -2.13. The molecule has 0 aromatic carbocycles. The summed E-state index contributed by atoms with van der Waals surface area (Å²) in [6.07, 6.45) is 11.0. The van der Waals surface area contributed by atoms with Gasteiger partial charge in [0.2, 0.25) is 0 Å². The standard InChI is InChI=1S/C17H22N4O/c1-12-11-18-9-8-14(12)17(22)19-16-10-15(20-21-16)13-6-4-2-3-5-7-13/h8-11,13H,2-7H2,1H3,(H2,19,20,21,22). The second-order valence-corrected chi connectivity index (χ2v) is 6.04. The van der Waals surface area contributed by atoms with Crippen LogP contribution >= 0.6 is 0 Å². The third-order valence-electron chi connectivity index (χ3n) is 4.40. The number of amides is 1. The van der Waals surface area contributed by atoms with Gasteiger partial charge in [0, 0.05) is 35.6 Å². The zero-order valence-electron chi connectivity index (χ0n) is 12.9. The topological polar surface area (TPSA) is 70.7 Å². The molecular weight excluding hydrogens is 276 g/mol. The van der Waals surface area contributed by atoms with Crippen molar-refractivity contribution in [3.05, 3.63) is 41.3 Å². The molecule has 0 saturated heterocycles. The second-order valence-electron chi connectivity index (χ2n) is 6.04. The summed E-state index contributed by atoms with van der Waals surface area (Å²) in [4.78, 5) is 16.3. The number of H-pyrrole nitrogens is 1. The van der Waals surface area contributed by atoms with Crippen molar-refractivity contribution in [3.8, 4) is 0 Å². The average Bonchev–Trinajstić information content (AvgIpc) is 2.81. The molecule has 0 spiro atoms. The van der Waals surface area contributed by atoms with Crippen LogP contribution < -0.4 is 5.32 Å². The molecular formula is C17H22N4O. The van der Waals surface area contributed by atoms with Gasteiger partial charge in [-0.1, -0.05) is 25.7 Å². The van der Waals surface area contributed by atoms with E-state index in [1.54, 1.807) is 18.5 Å². The zero-order chi connectivity index (χ0) is 15.4. The van der Waals surface area contributed by atoms with Crippen LogP contribution in [0.3, 0.4) is 0 Å². The zero-order valence-corrected chi connectivity index (χ0v) is 12.9. The van der Waals surface area contributed by atoms with Crippen LogP contribution in [0.1, 0.15) is 66.1 Å². The number of aromatic nitrogens is 3. The first-order valence-electron chi connectivity index (χ1n) is 8.01. The van der Waals surface area contributed by atoms with E-state index in [2.05, 4.69) is 20.5 Å². The number of nitrogens with zero attached hydrogens (tertiary/aromatic N) is 2. The Hall–Kier alpha value is -2.17. The number of anilines is 1. The minimum absolute atomic E-state index is 0.140. The molecule has 5 heteroatoms. The van der Waals surface area contributed by atoms with Gasteiger partial charge >= 0.3 is 0 Å². The highest BCUT2D eigenvalue weighted by molar-refractivity contribution is 6.04. The van der Waals surface area contributed by atoms with E-state index < -0.39 is 0 Å². The summed E-state index contributed by atoms with van der Waals surface area (Å²) in [7, 11) is 0. The normalized spacial score (nSPS) is 16.2. The van der Waals surface area contributed by atoms with E-state index in [4.69, 9.17) is 0 Å². The predicted molar refractivity (Wildman–Crippen MR) is 86.0 cm³/mol. The Morgan fingerprint density at radius 2 is 2.05 bits per heavy atom. The summed E-state index contributed by atoms with van der Waals surface area (Å²) in [6.45, 7) is 1.88. The van der Waals surface area contributed by atoms with Gasteiger partial charge in [-0.05, 0) is 31.4 Å². The first-order chi connectivity index (χ1) is 10.7. The van der Waals surface area contributed by atoms with Crippen LogP contribution in [0.5, 0.6) is 0 Å². The van der Waals surface area contributed by atoms with Gasteiger partial charge in [-0.2, -0.15) is 5.10 Å². The van der Waals surface area contributed by atoms with Crippen LogP contribution in [-0.4, -0.2) is 21.1 Å². The Morgan fingerprint density at radius 1 is 1.27 bits per heavy atom. The number of aryl methyl sites for hydroxylation is 1. The summed E-state index contributed by atoms with van der Waals surface area (Å²) in [5.74, 6) is 1.00. The van der Waals surface area contributed by atoms with Crippen LogP contribution in [0.25, 0.3) is 0 Å². The van der Waals surface area contributed by atoms with E-state index in [-0.39, 0.29) is 5.91 Å². The number of hydrogen-bond donors (Lipinski definition) is 2. The number of aromatic amines is 1. The molecule has 0 atom stereocenters. The molecule has 2 heterocycles. The highest BCUT2D eigenvalue weighted by Gasteiger charge is 2.18. The Bertz CT molecular complexity index is 642. The second kappa shape index (κ2) is 6.73. The summed E-state index contributed by atoms with van der Waals surface area (Å²) in [5, 5.41) is 10.2. The van der Waals surface area contributed by atoms with Gasteiger partial charge in [-0.3, -0.25) is 14.9 Å². The van der Waals surface area contributed by atoms with E-state index in [0.29, 0.717) is 17.3 Å². The van der Waals surface area contributed by atoms with Gasteiger partial charge in [0.05, 0.1) is 0 Å². The van der Waals surface area contributed by atoms with Gasteiger partial charge in [0.25, 0.3) is 5.91 Å². The minimum Gasteiger partial charge on any atom is -0.305 e. The highest BCUT2D eigenvalue weighted by Crippen LogP contribution is 2.31. The lowest BCUT2D eigenvalue weighted by molar-refractivity contribution is 0.102. The molecule has 2 aromatic heterocycles. The molecule has 1 saturated carbocycles. The fraction of sp³-hybridized carbons (Fsp3) is 0.471. The van der Waals surface area contributed by atoms with E-state index >= 15 is 0 Å². The maximum Gasteiger partial charge on any atom is 0.257 e. The van der Waals surface area contributed by atoms with Crippen molar-refractivity contribution in [2.45, 2.75) is 51.4 Å². The number of carbonyl (C=O) groups excluding carboxylic acids is 1. The monoisotopic (exact) mass is 298 g/mol. The Morgan fingerprint density at radius 3 is 2.77 bits per heavy atom. The third kappa shape index (κ3) is 3.35. The molecule has 1 amide bonds. The van der Waals surface area contributed by atoms with Crippen LogP contribution in [-0.2, 0) is 0 Å². The van der Waals surface area contributed by atoms with E-state index in [9.17, 15) is 4.79 Å². The van der Waals surface area contributed by atoms with Gasteiger partial charge in [-0.15, -0.1) is 0 Å². The van der Waals surface area contributed by atoms with Crippen molar-refractivity contribution in [2.75, 3.05) is 5.32 Å². The van der Waals surface area contributed by atoms with Crippen molar-refractivity contribution in [3.63, 3.8) is 0 Å². The molecule has 0 unspecified atom stereocenters. The molecule has 5 nitrogen and oxygen atoms in total. The lowest BCUT2D eigenvalue weighted by atomic mass is 9.97. The quantitative estimate of drug-likeness (QED) is 0.847. The Kier molecular flexibility index (Phi) is 4.51. The van der Waals surface area contributed by atoms with Crippen molar-refractivity contribution >= 4 is 11.7 Å². The van der Waals surface area contributed by atoms with E-state index in [1.165, 1.54) is 38.5 Å². The van der Waals surface area contributed by atoms with Crippen molar-refractivity contribution in [1.82, 2.24) is 15.2 Å². The van der Waals surface area contributed by atoms with Gasteiger partial charge in [0.1, 0.15) is 0 Å². The fourth-order valence-electron chi connectivity index (χ4n) is 3.11. The number of nitrogens with one attached hydrogen (secondary N) is 2. The van der Waals surface area contributed by atoms with Crippen LogP contribution in [0.15, 0.2) is 24.5 Å². The maximum atomic E-state index is 12.3. The minimum atomic E-state index is -0.140. The molecule has 2 N–H and O–H groups in total. The maximum absolute atomic E-state index is 12.3. The number of rotatable bonds is 3. The van der Waals surface area contributed by atoms with Gasteiger partial charge in [-0.25, -0.2) is 0 Å². The molecule has 0 aliphatic heterocycles. The first kappa shape index (κ1) is 14.8. The SMILES string of the molecule is Cc1cnccc1C(=O)Nc1cc(C2CCCCCC2)[nH]n1. The molecule has 1 aliphatic carbocycles. The highest BCUT2D eigenvalue weighted by atomic mass is 16.1. The number of pyridine rings is 1. The smallest absolute Gasteiger partial charge is 0.257 e. The van der Waals surface area contributed by atoms with Crippen molar-refractivity contribution in [2.24, 2.45) is 0 Å².